The van der Waals surface area contributed by atoms with Crippen LogP contribution in [-0.4, -0.2) is 88.4 Å². The summed E-state index contributed by atoms with van der Waals surface area (Å²) in [5.74, 6) is 0. The number of hydrogen-bond acceptors (Lipinski definition) is 5. The molecule has 0 saturated heterocycles. The van der Waals surface area contributed by atoms with Gasteiger partial charge in [0.1, 0.15) is 0 Å². The van der Waals surface area contributed by atoms with Crippen molar-refractivity contribution in [3.8, 4) is 0 Å². The second kappa shape index (κ2) is 7.09. The molecule has 8 nitrogen and oxygen atoms in total. The van der Waals surface area contributed by atoms with Gasteiger partial charge in [-0.05, 0) is 0 Å². The van der Waals surface area contributed by atoms with Gasteiger partial charge in [-0.25, -0.2) is 4.57 Å². The second-order valence-electron chi connectivity index (χ2n) is 1.11. The van der Waals surface area contributed by atoms with Gasteiger partial charge in [-0.2, -0.15) is 0 Å². The minimum absolute atomic E-state index is 0. The van der Waals surface area contributed by atoms with Gasteiger partial charge >= 0.3 is 62.4 Å². The van der Waals surface area contributed by atoms with E-state index in [4.69, 9.17) is 38.4 Å². The largest absolute Gasteiger partial charge is 2.00 e. The molecule has 0 aliphatic carbocycles. The van der Waals surface area contributed by atoms with Crippen LogP contribution in [0.5, 0.6) is 0 Å². The molecule has 11 heavy (non-hydrogen) atoms. The van der Waals surface area contributed by atoms with Crippen LogP contribution in [0.3, 0.4) is 0 Å². The molecule has 0 fully saturated rings. The number of phosphoric acid groups is 1. The quantitative estimate of drug-likeness (QED) is 0.177. The smallest absolute Gasteiger partial charge is 1.00 e. The van der Waals surface area contributed by atoms with Crippen molar-refractivity contribution in [1.29, 1.82) is 0 Å². The molecule has 68 valence electrons. The van der Waals surface area contributed by atoms with Gasteiger partial charge in [0.05, 0.1) is 0 Å². The zero-order valence-electron chi connectivity index (χ0n) is 7.19. The molecular formula is H9O8PSiSr. The van der Waals surface area contributed by atoms with Crippen LogP contribution in [-0.2, 0) is 4.57 Å². The minimum atomic E-state index is -4.64. The first-order valence-corrected chi connectivity index (χ1v) is 5.03. The van der Waals surface area contributed by atoms with E-state index in [1.165, 1.54) is 0 Å². The Morgan fingerprint density at radius 2 is 1.00 bits per heavy atom. The third-order valence-electron chi connectivity index (χ3n) is 0. The fraction of sp³-hybridized carbons (Fsp3) is 0. The molecule has 0 amide bonds. The van der Waals surface area contributed by atoms with E-state index in [1.54, 1.807) is 0 Å². The van der Waals surface area contributed by atoms with Crippen molar-refractivity contribution in [2.24, 2.45) is 0 Å². The van der Waals surface area contributed by atoms with Gasteiger partial charge in [0.25, 0.3) is 0 Å². The Morgan fingerprint density at radius 3 is 1.00 bits per heavy atom. The number of hydrogen-bond donors (Lipinski definition) is 7. The topological polar surface area (TPSA) is 159 Å². The first kappa shape index (κ1) is 18.4. The fourth-order valence-electron chi connectivity index (χ4n) is 0. The molecule has 0 bridgehead atoms. The Labute approximate surface area is 103 Å². The molecule has 0 rings (SSSR count). The summed E-state index contributed by atoms with van der Waals surface area (Å²) in [7, 11) is -9.25. The van der Waals surface area contributed by atoms with E-state index < -0.39 is 16.9 Å². The molecule has 0 spiro atoms. The second-order valence-corrected chi connectivity index (χ2v) is 3.34. The molecule has 7 N–H and O–H groups in total. The fourth-order valence-corrected chi connectivity index (χ4v) is 0. The average Bonchev–Trinajstić information content (AvgIpc) is 1.12. The Morgan fingerprint density at radius 1 is 1.00 bits per heavy atom. The van der Waals surface area contributed by atoms with Crippen molar-refractivity contribution in [3.05, 3.63) is 0 Å². The molecule has 0 aromatic heterocycles. The van der Waals surface area contributed by atoms with Crippen LogP contribution < -0.4 is 0 Å². The van der Waals surface area contributed by atoms with E-state index in [0.717, 1.165) is 0 Å². The van der Waals surface area contributed by atoms with Crippen molar-refractivity contribution in [3.63, 3.8) is 0 Å². The SMILES string of the molecule is O=P(O)(O)O.O[Si](O)(O)O.[H-].[H-].[Sr+2]. The van der Waals surface area contributed by atoms with Crippen molar-refractivity contribution in [2.75, 3.05) is 0 Å². The van der Waals surface area contributed by atoms with E-state index >= 15 is 0 Å². The van der Waals surface area contributed by atoms with Gasteiger partial charge in [0.15, 0.2) is 0 Å². The van der Waals surface area contributed by atoms with Crippen molar-refractivity contribution in [1.82, 2.24) is 0 Å². The Kier molecular flexibility index (Phi) is 11.9. The molecular weight excluding hydrogens is 275 g/mol. The summed E-state index contributed by atoms with van der Waals surface area (Å²) >= 11 is 0. The summed E-state index contributed by atoms with van der Waals surface area (Å²) in [6.45, 7) is 0. The van der Waals surface area contributed by atoms with Gasteiger partial charge < -0.3 is 36.7 Å². The standard InChI is InChI=1S/H3O4P.H4O4Si.Sr.2H/c2*1-5(2,3)4;;;/h(H3,1,2,3,4);1-4H;;;/q;;+2;2*-1. The summed E-state index contributed by atoms with van der Waals surface area (Å²) in [6.07, 6.45) is 0. The van der Waals surface area contributed by atoms with Crippen LogP contribution in [0.4, 0.5) is 0 Å². The van der Waals surface area contributed by atoms with Crippen molar-refractivity contribution >= 4 is 62.4 Å². The predicted molar refractivity (Wildman–Crippen MR) is 36.9 cm³/mol. The molecule has 0 heterocycles. The first-order valence-electron chi connectivity index (χ1n) is 1.68. The Bertz CT molecular complexity index is 114. The van der Waals surface area contributed by atoms with Gasteiger partial charge in [-0.1, -0.05) is 0 Å². The molecule has 0 aromatic rings. The van der Waals surface area contributed by atoms with Crippen LogP contribution in [0.2, 0.25) is 0 Å². The number of rotatable bonds is 0. The van der Waals surface area contributed by atoms with Crippen LogP contribution in [0.15, 0.2) is 0 Å². The average molecular weight is 284 g/mol. The van der Waals surface area contributed by atoms with Crippen molar-refractivity contribution < 1.29 is 41.3 Å². The molecule has 0 aliphatic heterocycles. The third kappa shape index (κ3) is 399. The van der Waals surface area contributed by atoms with Gasteiger partial charge in [-0.3, -0.25) is 0 Å². The monoisotopic (exact) mass is 284 g/mol. The van der Waals surface area contributed by atoms with Crippen LogP contribution >= 0.6 is 7.82 Å². The van der Waals surface area contributed by atoms with E-state index in [-0.39, 0.29) is 48.3 Å². The first-order chi connectivity index (χ1) is 4.00. The summed E-state index contributed by atoms with van der Waals surface area (Å²) < 4.78 is 8.88. The predicted octanol–water partition coefficient (Wildman–Crippen LogP) is -3.69. The van der Waals surface area contributed by atoms with Crippen LogP contribution in [0.25, 0.3) is 0 Å². The summed E-state index contributed by atoms with van der Waals surface area (Å²) in [6, 6.07) is 0. The van der Waals surface area contributed by atoms with E-state index in [0.29, 0.717) is 0 Å². The normalized spacial score (nSPS) is 10.8. The molecule has 0 atom stereocenters. The van der Waals surface area contributed by atoms with Gasteiger partial charge in [0.2, 0.25) is 0 Å². The van der Waals surface area contributed by atoms with Crippen LogP contribution in [0.1, 0.15) is 2.85 Å². The molecule has 0 saturated carbocycles. The van der Waals surface area contributed by atoms with Crippen molar-refractivity contribution in [2.45, 2.75) is 0 Å². The molecule has 0 unspecified atom stereocenters. The van der Waals surface area contributed by atoms with Crippen LogP contribution in [0, 0.1) is 0 Å². The zero-order chi connectivity index (χ0) is 9.00. The minimum Gasteiger partial charge on any atom is -1.00 e. The Balaban J connectivity index is -0.0000000267. The van der Waals surface area contributed by atoms with Gasteiger partial charge in [0, 0.05) is 0 Å². The maximum absolute atomic E-state index is 8.88. The molecule has 0 aromatic carbocycles. The zero-order valence-corrected chi connectivity index (χ0v) is 10.6. The van der Waals surface area contributed by atoms with E-state index in [9.17, 15) is 0 Å². The summed E-state index contributed by atoms with van der Waals surface area (Å²) in [5.41, 5.74) is 0. The van der Waals surface area contributed by atoms with Gasteiger partial charge in [-0.15, -0.1) is 0 Å². The molecule has 0 aliphatic rings. The molecule has 11 heteroatoms. The maximum atomic E-state index is 8.88. The summed E-state index contributed by atoms with van der Waals surface area (Å²) in [4.78, 5) is 50.9. The maximum Gasteiger partial charge on any atom is 2.00 e. The molecule has 0 radical (unpaired) electrons. The van der Waals surface area contributed by atoms with E-state index in [1.807, 2.05) is 0 Å². The third-order valence-corrected chi connectivity index (χ3v) is 0. The Hall–Kier alpha value is 1.65. The van der Waals surface area contributed by atoms with E-state index in [2.05, 4.69) is 0 Å². The summed E-state index contributed by atoms with van der Waals surface area (Å²) in [5, 5.41) is 0.